The summed E-state index contributed by atoms with van der Waals surface area (Å²) in [5.41, 5.74) is 1.59. The number of hydrogen-bond donors (Lipinski definition) is 2. The molecule has 2 aromatic rings. The van der Waals surface area contributed by atoms with Gasteiger partial charge in [0.1, 0.15) is 12.4 Å². The van der Waals surface area contributed by atoms with Crippen molar-refractivity contribution in [3.63, 3.8) is 0 Å². The smallest absolute Gasteiger partial charge is 0.175 e. The molecule has 0 bridgehead atoms. The Balaban J connectivity index is 2.21. The molecular weight excluding hydrogens is 216 g/mol. The monoisotopic (exact) mass is 232 g/mol. The molecule has 1 aromatic heterocycles. The van der Waals surface area contributed by atoms with Crippen LogP contribution in [0.15, 0.2) is 24.3 Å². The number of ether oxygens (including phenoxy) is 1. The van der Waals surface area contributed by atoms with E-state index in [1.165, 1.54) is 0 Å². The molecule has 1 heterocycles. The van der Waals surface area contributed by atoms with Crippen LogP contribution < -0.4 is 10.1 Å². The van der Waals surface area contributed by atoms with Gasteiger partial charge in [-0.2, -0.15) is 0 Å². The van der Waals surface area contributed by atoms with Gasteiger partial charge in [0, 0.05) is 24.4 Å². The summed E-state index contributed by atoms with van der Waals surface area (Å²) in [6.07, 6.45) is 0. The van der Waals surface area contributed by atoms with Gasteiger partial charge in [0.05, 0.1) is 5.69 Å². The fourth-order valence-electron chi connectivity index (χ4n) is 1.66. The summed E-state index contributed by atoms with van der Waals surface area (Å²) in [5, 5.41) is 4.02. The number of likely N-dealkylation sites (N-methyl/N-ethyl adjacent to an activating group) is 1. The fourth-order valence-corrected chi connectivity index (χ4v) is 1.66. The lowest BCUT2D eigenvalue weighted by molar-refractivity contribution is 0.101. The van der Waals surface area contributed by atoms with E-state index in [9.17, 15) is 4.79 Å². The number of rotatable bonds is 5. The molecule has 4 heteroatoms. The van der Waals surface area contributed by atoms with Crippen molar-refractivity contribution in [2.45, 2.75) is 6.92 Å². The predicted octanol–water partition coefficient (Wildman–Crippen LogP) is 1.97. The molecule has 0 saturated heterocycles. The number of H-pyrrole nitrogens is 1. The van der Waals surface area contributed by atoms with Crippen molar-refractivity contribution in [3.8, 4) is 5.75 Å². The van der Waals surface area contributed by atoms with E-state index in [4.69, 9.17) is 4.74 Å². The van der Waals surface area contributed by atoms with E-state index in [1.54, 1.807) is 6.92 Å². The third-order valence-corrected chi connectivity index (χ3v) is 2.59. The number of aromatic amines is 1. The van der Waals surface area contributed by atoms with E-state index < -0.39 is 0 Å². The van der Waals surface area contributed by atoms with Crippen LogP contribution in [0.5, 0.6) is 5.75 Å². The van der Waals surface area contributed by atoms with Gasteiger partial charge in [0.15, 0.2) is 5.78 Å². The normalized spacial score (nSPS) is 10.7. The number of ketones is 1. The van der Waals surface area contributed by atoms with Crippen LogP contribution in [-0.2, 0) is 0 Å². The molecule has 0 radical (unpaired) electrons. The van der Waals surface area contributed by atoms with Crippen molar-refractivity contribution in [3.05, 3.63) is 30.0 Å². The number of nitrogens with one attached hydrogen (secondary N) is 2. The molecule has 0 amide bonds. The molecule has 2 rings (SSSR count). The van der Waals surface area contributed by atoms with Gasteiger partial charge in [-0.15, -0.1) is 0 Å². The lowest BCUT2D eigenvalue weighted by Crippen LogP contribution is -2.15. The Morgan fingerprint density at radius 2 is 2.24 bits per heavy atom. The summed E-state index contributed by atoms with van der Waals surface area (Å²) in [7, 11) is 1.89. The average molecular weight is 232 g/mol. The molecule has 0 aliphatic carbocycles. The number of benzene rings is 1. The quantitative estimate of drug-likeness (QED) is 0.612. The SMILES string of the molecule is CNCCOc1ccc2[nH]c(C(C)=O)cc2c1. The first-order valence-corrected chi connectivity index (χ1v) is 5.62. The van der Waals surface area contributed by atoms with Gasteiger partial charge in [0.2, 0.25) is 0 Å². The van der Waals surface area contributed by atoms with Crippen molar-refractivity contribution in [1.82, 2.24) is 10.3 Å². The topological polar surface area (TPSA) is 54.1 Å². The Bertz CT molecular complexity index is 531. The summed E-state index contributed by atoms with van der Waals surface area (Å²) < 4.78 is 5.56. The number of fused-ring (bicyclic) bond motifs is 1. The van der Waals surface area contributed by atoms with Gasteiger partial charge in [-0.05, 0) is 31.3 Å². The van der Waals surface area contributed by atoms with Gasteiger partial charge in [-0.3, -0.25) is 4.79 Å². The Morgan fingerprint density at radius 3 is 2.94 bits per heavy atom. The highest BCUT2D eigenvalue weighted by Gasteiger charge is 2.05. The first-order valence-electron chi connectivity index (χ1n) is 5.62. The minimum atomic E-state index is 0.0406. The number of carbonyl (C=O) groups is 1. The van der Waals surface area contributed by atoms with Crippen molar-refractivity contribution < 1.29 is 9.53 Å². The maximum absolute atomic E-state index is 11.2. The fraction of sp³-hybridized carbons (Fsp3) is 0.308. The Hall–Kier alpha value is -1.81. The summed E-state index contributed by atoms with van der Waals surface area (Å²) in [6.45, 7) is 2.99. The second-order valence-corrected chi connectivity index (χ2v) is 3.94. The molecule has 1 aromatic carbocycles. The van der Waals surface area contributed by atoms with Crippen LogP contribution in [0.3, 0.4) is 0 Å². The molecule has 0 unspecified atom stereocenters. The zero-order chi connectivity index (χ0) is 12.3. The summed E-state index contributed by atoms with van der Waals surface area (Å²) >= 11 is 0. The van der Waals surface area contributed by atoms with Crippen molar-refractivity contribution in [2.24, 2.45) is 0 Å². The largest absolute Gasteiger partial charge is 0.492 e. The third-order valence-electron chi connectivity index (χ3n) is 2.59. The first-order chi connectivity index (χ1) is 8.20. The van der Waals surface area contributed by atoms with Crippen LogP contribution in [0.1, 0.15) is 17.4 Å². The summed E-state index contributed by atoms with van der Waals surface area (Å²) in [6, 6.07) is 7.62. The van der Waals surface area contributed by atoms with E-state index in [1.807, 2.05) is 31.3 Å². The summed E-state index contributed by atoms with van der Waals surface area (Å²) in [4.78, 5) is 14.3. The maximum Gasteiger partial charge on any atom is 0.175 e. The van der Waals surface area contributed by atoms with Crippen molar-refractivity contribution in [2.75, 3.05) is 20.2 Å². The molecule has 0 atom stereocenters. The second-order valence-electron chi connectivity index (χ2n) is 3.94. The highest BCUT2D eigenvalue weighted by atomic mass is 16.5. The molecule has 0 saturated carbocycles. The van der Waals surface area contributed by atoms with Crippen LogP contribution in [-0.4, -0.2) is 31.0 Å². The number of Topliss-reactive ketones (excluding diaryl/α,β-unsaturated/α-hetero) is 1. The minimum Gasteiger partial charge on any atom is -0.492 e. The van der Waals surface area contributed by atoms with Crippen LogP contribution in [0.2, 0.25) is 0 Å². The molecule has 17 heavy (non-hydrogen) atoms. The maximum atomic E-state index is 11.2. The minimum absolute atomic E-state index is 0.0406. The Labute approximate surface area is 100.0 Å². The Kier molecular flexibility index (Phi) is 3.44. The van der Waals surface area contributed by atoms with Gasteiger partial charge in [-0.1, -0.05) is 0 Å². The number of carbonyl (C=O) groups excluding carboxylic acids is 1. The molecule has 0 aliphatic heterocycles. The molecule has 2 N–H and O–H groups in total. The molecule has 90 valence electrons. The zero-order valence-corrected chi connectivity index (χ0v) is 10.0. The van der Waals surface area contributed by atoms with Crippen LogP contribution in [0, 0.1) is 0 Å². The lowest BCUT2D eigenvalue weighted by Gasteiger charge is -2.05. The van der Waals surface area contributed by atoms with E-state index in [2.05, 4.69) is 10.3 Å². The van der Waals surface area contributed by atoms with Gasteiger partial charge in [0.25, 0.3) is 0 Å². The van der Waals surface area contributed by atoms with Crippen molar-refractivity contribution in [1.29, 1.82) is 0 Å². The van der Waals surface area contributed by atoms with Gasteiger partial charge < -0.3 is 15.0 Å². The summed E-state index contributed by atoms with van der Waals surface area (Å²) in [5.74, 6) is 0.862. The lowest BCUT2D eigenvalue weighted by atomic mass is 10.2. The molecule has 0 spiro atoms. The molecule has 0 aliphatic rings. The second kappa shape index (κ2) is 5.01. The van der Waals surface area contributed by atoms with E-state index >= 15 is 0 Å². The highest BCUT2D eigenvalue weighted by molar-refractivity contribution is 5.98. The first kappa shape index (κ1) is 11.7. The van der Waals surface area contributed by atoms with E-state index in [-0.39, 0.29) is 5.78 Å². The zero-order valence-electron chi connectivity index (χ0n) is 10.0. The van der Waals surface area contributed by atoms with Crippen LogP contribution >= 0.6 is 0 Å². The van der Waals surface area contributed by atoms with E-state index in [0.29, 0.717) is 12.3 Å². The van der Waals surface area contributed by atoms with Crippen molar-refractivity contribution >= 4 is 16.7 Å². The number of hydrogen-bond acceptors (Lipinski definition) is 3. The highest BCUT2D eigenvalue weighted by Crippen LogP contribution is 2.21. The molecule has 0 fully saturated rings. The van der Waals surface area contributed by atoms with Crippen LogP contribution in [0.4, 0.5) is 0 Å². The number of aromatic nitrogens is 1. The Morgan fingerprint density at radius 1 is 1.41 bits per heavy atom. The predicted molar refractivity (Wildman–Crippen MR) is 67.7 cm³/mol. The standard InChI is InChI=1S/C13H16N2O2/c1-9(16)13-8-10-7-11(17-6-5-14-2)3-4-12(10)15-13/h3-4,7-8,14-15H,5-6H2,1-2H3. The van der Waals surface area contributed by atoms with Gasteiger partial charge >= 0.3 is 0 Å². The third kappa shape index (κ3) is 2.65. The molecule has 4 nitrogen and oxygen atoms in total. The van der Waals surface area contributed by atoms with Crippen LogP contribution in [0.25, 0.3) is 10.9 Å². The molecular formula is C13H16N2O2. The van der Waals surface area contributed by atoms with Gasteiger partial charge in [-0.25, -0.2) is 0 Å². The average Bonchev–Trinajstić information content (AvgIpc) is 2.72. The van der Waals surface area contributed by atoms with E-state index in [0.717, 1.165) is 23.2 Å².